The number of nitrogens with zero attached hydrogens (tertiary/aromatic N) is 4. The van der Waals surface area contributed by atoms with Gasteiger partial charge in [0.15, 0.2) is 0 Å². The number of benzene rings is 1. The van der Waals surface area contributed by atoms with Crippen molar-refractivity contribution >= 4 is 22.5 Å². The van der Waals surface area contributed by atoms with Gasteiger partial charge in [0.05, 0.1) is 11.7 Å². The van der Waals surface area contributed by atoms with Crippen LogP contribution in [0.5, 0.6) is 0 Å². The summed E-state index contributed by atoms with van der Waals surface area (Å²) in [5.41, 5.74) is 6.37. The van der Waals surface area contributed by atoms with Crippen molar-refractivity contribution in [3.8, 4) is 22.3 Å². The molecule has 3 heterocycles. The zero-order chi connectivity index (χ0) is 16.7. The second kappa shape index (κ2) is 5.73. The normalized spacial score (nSPS) is 11.1. The zero-order valence-corrected chi connectivity index (χ0v) is 14.1. The molecular formula is C19H15ClN4. The number of aromatic nitrogens is 4. The van der Waals surface area contributed by atoms with Gasteiger partial charge in [-0.25, -0.2) is 4.98 Å². The van der Waals surface area contributed by atoms with Crippen LogP contribution in [0.4, 0.5) is 0 Å². The molecule has 4 rings (SSSR count). The van der Waals surface area contributed by atoms with Crippen molar-refractivity contribution in [2.75, 3.05) is 0 Å². The van der Waals surface area contributed by atoms with Crippen molar-refractivity contribution in [1.29, 1.82) is 0 Å². The Morgan fingerprint density at radius 2 is 1.83 bits per heavy atom. The smallest absolute Gasteiger partial charge is 0.129 e. The highest BCUT2D eigenvalue weighted by Gasteiger charge is 2.10. The molecule has 0 bridgehead atoms. The van der Waals surface area contributed by atoms with E-state index in [9.17, 15) is 0 Å². The fraction of sp³-hybridized carbons (Fsp3) is 0.105. The first-order chi connectivity index (χ1) is 11.6. The lowest BCUT2D eigenvalue weighted by atomic mass is 9.96. The summed E-state index contributed by atoms with van der Waals surface area (Å²) in [4.78, 5) is 8.84. The van der Waals surface area contributed by atoms with Crippen LogP contribution in [-0.2, 0) is 7.05 Å². The maximum absolute atomic E-state index is 6.08. The van der Waals surface area contributed by atoms with E-state index >= 15 is 0 Å². The highest BCUT2D eigenvalue weighted by molar-refractivity contribution is 6.29. The Labute approximate surface area is 144 Å². The minimum Gasteiger partial charge on any atom is -0.275 e. The van der Waals surface area contributed by atoms with Crippen LogP contribution >= 0.6 is 11.6 Å². The molecule has 0 spiro atoms. The summed E-state index contributed by atoms with van der Waals surface area (Å²) >= 11 is 6.08. The van der Waals surface area contributed by atoms with Crippen molar-refractivity contribution in [1.82, 2.24) is 19.7 Å². The predicted molar refractivity (Wildman–Crippen MR) is 96.9 cm³/mol. The lowest BCUT2D eigenvalue weighted by Crippen LogP contribution is -1.90. The molecule has 0 aliphatic heterocycles. The van der Waals surface area contributed by atoms with E-state index in [0.29, 0.717) is 5.15 Å². The molecule has 0 saturated heterocycles. The van der Waals surface area contributed by atoms with Crippen molar-refractivity contribution in [2.45, 2.75) is 6.92 Å². The predicted octanol–water partition coefficient (Wildman–Crippen LogP) is 4.66. The van der Waals surface area contributed by atoms with Gasteiger partial charge in [0.2, 0.25) is 0 Å². The Morgan fingerprint density at radius 1 is 0.958 bits per heavy atom. The number of halogens is 1. The molecule has 0 radical (unpaired) electrons. The molecule has 4 aromatic rings. The first-order valence-corrected chi connectivity index (χ1v) is 8.00. The van der Waals surface area contributed by atoms with Crippen molar-refractivity contribution in [3.05, 3.63) is 65.8 Å². The van der Waals surface area contributed by atoms with E-state index in [4.69, 9.17) is 11.6 Å². The summed E-state index contributed by atoms with van der Waals surface area (Å²) in [5.74, 6) is 0. The van der Waals surface area contributed by atoms with Gasteiger partial charge in [-0.3, -0.25) is 9.67 Å². The average molecular weight is 335 g/mol. The van der Waals surface area contributed by atoms with E-state index in [1.165, 1.54) is 0 Å². The van der Waals surface area contributed by atoms with Crippen LogP contribution in [0.1, 0.15) is 5.56 Å². The van der Waals surface area contributed by atoms with Gasteiger partial charge in [-0.2, -0.15) is 5.10 Å². The fourth-order valence-corrected chi connectivity index (χ4v) is 3.08. The zero-order valence-electron chi connectivity index (χ0n) is 13.4. The molecule has 0 saturated carbocycles. The Morgan fingerprint density at radius 3 is 2.58 bits per heavy atom. The molecule has 24 heavy (non-hydrogen) atoms. The third kappa shape index (κ3) is 2.55. The summed E-state index contributed by atoms with van der Waals surface area (Å²) in [6.07, 6.45) is 7.53. The molecule has 0 amide bonds. The quantitative estimate of drug-likeness (QED) is 0.501. The monoisotopic (exact) mass is 334 g/mol. The Kier molecular flexibility index (Phi) is 3.54. The summed E-state index contributed by atoms with van der Waals surface area (Å²) in [5, 5.41) is 5.70. The number of pyridine rings is 2. The molecule has 4 nitrogen and oxygen atoms in total. The second-order valence-electron chi connectivity index (χ2n) is 5.83. The number of hydrogen-bond donors (Lipinski definition) is 0. The highest BCUT2D eigenvalue weighted by atomic mass is 35.5. The van der Waals surface area contributed by atoms with E-state index in [0.717, 1.165) is 38.7 Å². The molecule has 0 atom stereocenters. The van der Waals surface area contributed by atoms with E-state index in [2.05, 4.69) is 40.2 Å². The SMILES string of the molecule is Cc1cc(-c2cnn(C)c2)ccc1-c1cncc2ccc(Cl)nc12. The van der Waals surface area contributed by atoms with Gasteiger partial charge in [-0.05, 0) is 35.7 Å². The van der Waals surface area contributed by atoms with Crippen LogP contribution in [0.3, 0.4) is 0 Å². The number of aryl methyl sites for hydroxylation is 2. The lowest BCUT2D eigenvalue weighted by molar-refractivity contribution is 0.768. The Bertz CT molecular complexity index is 1050. The second-order valence-corrected chi connectivity index (χ2v) is 6.21. The van der Waals surface area contributed by atoms with E-state index in [1.807, 2.05) is 37.9 Å². The van der Waals surface area contributed by atoms with Gasteiger partial charge in [0, 0.05) is 42.2 Å². The first kappa shape index (κ1) is 14.8. The van der Waals surface area contributed by atoms with Crippen LogP contribution in [0, 0.1) is 6.92 Å². The van der Waals surface area contributed by atoms with Gasteiger partial charge in [-0.15, -0.1) is 0 Å². The molecule has 0 unspecified atom stereocenters. The molecular weight excluding hydrogens is 320 g/mol. The van der Waals surface area contributed by atoms with Crippen LogP contribution in [0.15, 0.2) is 55.1 Å². The first-order valence-electron chi connectivity index (χ1n) is 7.62. The van der Waals surface area contributed by atoms with Gasteiger partial charge >= 0.3 is 0 Å². The van der Waals surface area contributed by atoms with E-state index in [1.54, 1.807) is 10.7 Å². The third-order valence-corrected chi connectivity index (χ3v) is 4.33. The van der Waals surface area contributed by atoms with Gasteiger partial charge < -0.3 is 0 Å². The summed E-state index contributed by atoms with van der Waals surface area (Å²) in [7, 11) is 1.92. The topological polar surface area (TPSA) is 43.6 Å². The molecule has 118 valence electrons. The molecule has 0 aliphatic carbocycles. The molecule has 0 N–H and O–H groups in total. The molecule has 1 aromatic carbocycles. The van der Waals surface area contributed by atoms with Crippen molar-refractivity contribution < 1.29 is 0 Å². The molecule has 5 heteroatoms. The van der Waals surface area contributed by atoms with Gasteiger partial charge in [0.25, 0.3) is 0 Å². The summed E-state index contributed by atoms with van der Waals surface area (Å²) in [6.45, 7) is 2.10. The Hall–Kier alpha value is -2.72. The maximum atomic E-state index is 6.08. The van der Waals surface area contributed by atoms with Crippen LogP contribution < -0.4 is 0 Å². The lowest BCUT2D eigenvalue weighted by Gasteiger charge is -2.10. The van der Waals surface area contributed by atoms with Gasteiger partial charge in [0.1, 0.15) is 5.15 Å². The number of hydrogen-bond acceptors (Lipinski definition) is 3. The summed E-state index contributed by atoms with van der Waals surface area (Å²) in [6, 6.07) is 10.1. The van der Waals surface area contributed by atoms with Crippen LogP contribution in [0.2, 0.25) is 5.15 Å². The standard InChI is InChI=1S/C19H15ClN4/c1-12-7-13(15-9-22-24(2)11-15)3-5-16(12)17-10-21-8-14-4-6-18(20)23-19(14)17/h3-11H,1-2H3. The van der Waals surface area contributed by atoms with Crippen LogP contribution in [0.25, 0.3) is 33.2 Å². The van der Waals surface area contributed by atoms with E-state index < -0.39 is 0 Å². The minimum absolute atomic E-state index is 0.486. The molecule has 0 fully saturated rings. The Balaban J connectivity index is 1.87. The molecule has 0 aliphatic rings. The van der Waals surface area contributed by atoms with Crippen LogP contribution in [-0.4, -0.2) is 19.7 Å². The number of rotatable bonds is 2. The fourth-order valence-electron chi connectivity index (χ4n) is 2.93. The average Bonchev–Trinajstić information content (AvgIpc) is 3.01. The third-order valence-electron chi connectivity index (χ3n) is 4.12. The van der Waals surface area contributed by atoms with Gasteiger partial charge in [-0.1, -0.05) is 29.8 Å². The van der Waals surface area contributed by atoms with Crippen molar-refractivity contribution in [2.24, 2.45) is 7.05 Å². The number of fused-ring (bicyclic) bond motifs is 1. The largest absolute Gasteiger partial charge is 0.275 e. The minimum atomic E-state index is 0.486. The highest BCUT2D eigenvalue weighted by Crippen LogP contribution is 2.32. The van der Waals surface area contributed by atoms with Crippen molar-refractivity contribution in [3.63, 3.8) is 0 Å². The maximum Gasteiger partial charge on any atom is 0.129 e. The summed E-state index contributed by atoms with van der Waals surface area (Å²) < 4.78 is 1.80. The molecule has 3 aromatic heterocycles. The van der Waals surface area contributed by atoms with E-state index in [-0.39, 0.29) is 0 Å².